The molecule has 0 aliphatic rings. The number of hydrogen-bond acceptors (Lipinski definition) is 3. The molecule has 1 heterocycles. The third-order valence-electron chi connectivity index (χ3n) is 3.26. The van der Waals surface area contributed by atoms with Gasteiger partial charge in [0, 0.05) is 11.3 Å². The molecule has 5 heteroatoms. The number of rotatable bonds is 4. The molecule has 2 rings (SSSR count). The number of aromatic carboxylic acids is 1. The maximum atomic E-state index is 12.3. The molecule has 0 radical (unpaired) electrons. The van der Waals surface area contributed by atoms with E-state index in [2.05, 4.69) is 5.32 Å². The van der Waals surface area contributed by atoms with Gasteiger partial charge in [0.05, 0.1) is 11.8 Å². The summed E-state index contributed by atoms with van der Waals surface area (Å²) in [6.45, 7) is 5.74. The van der Waals surface area contributed by atoms with Crippen molar-refractivity contribution in [2.45, 2.75) is 26.7 Å². The van der Waals surface area contributed by atoms with Crippen LogP contribution >= 0.6 is 0 Å². The van der Waals surface area contributed by atoms with Gasteiger partial charge in [-0.1, -0.05) is 19.9 Å². The minimum atomic E-state index is -1.04. The fourth-order valence-corrected chi connectivity index (χ4v) is 2.03. The molecule has 1 aromatic carbocycles. The number of aryl methyl sites for hydroxylation is 1. The fraction of sp³-hybridized carbons (Fsp3) is 0.250. The van der Waals surface area contributed by atoms with E-state index in [0.717, 1.165) is 11.1 Å². The summed E-state index contributed by atoms with van der Waals surface area (Å²) in [6, 6.07) is 6.36. The first kappa shape index (κ1) is 14.8. The first-order valence-electron chi connectivity index (χ1n) is 6.63. The van der Waals surface area contributed by atoms with E-state index >= 15 is 0 Å². The van der Waals surface area contributed by atoms with Gasteiger partial charge in [-0.3, -0.25) is 4.79 Å². The summed E-state index contributed by atoms with van der Waals surface area (Å²) in [6.07, 6.45) is 1.48. The molecule has 110 valence electrons. The summed E-state index contributed by atoms with van der Waals surface area (Å²) < 4.78 is 5.25. The van der Waals surface area contributed by atoms with Gasteiger partial charge in [-0.15, -0.1) is 0 Å². The standard InChI is InChI=1S/C16H17NO4/c1-9(2)12-6-7-21-14(12)15(18)17-13-8-11(16(19)20)5-4-10(13)3/h4-9H,1-3H3,(H,17,18)(H,19,20). The van der Waals surface area contributed by atoms with Crippen molar-refractivity contribution in [3.63, 3.8) is 0 Å². The molecule has 0 saturated carbocycles. The first-order valence-corrected chi connectivity index (χ1v) is 6.63. The number of anilines is 1. The molecule has 0 bridgehead atoms. The molecular formula is C16H17NO4. The van der Waals surface area contributed by atoms with Crippen LogP contribution in [0.3, 0.4) is 0 Å². The predicted octanol–water partition coefficient (Wildman–Crippen LogP) is 3.66. The van der Waals surface area contributed by atoms with Crippen LogP contribution in [0.1, 0.15) is 51.8 Å². The quantitative estimate of drug-likeness (QED) is 0.899. The lowest BCUT2D eigenvalue weighted by atomic mass is 10.0. The van der Waals surface area contributed by atoms with Gasteiger partial charge in [0.1, 0.15) is 0 Å². The second kappa shape index (κ2) is 5.83. The topological polar surface area (TPSA) is 79.5 Å². The van der Waals surface area contributed by atoms with Gasteiger partial charge >= 0.3 is 5.97 Å². The Morgan fingerprint density at radius 3 is 2.57 bits per heavy atom. The molecule has 1 aromatic heterocycles. The summed E-state index contributed by atoms with van der Waals surface area (Å²) in [7, 11) is 0. The van der Waals surface area contributed by atoms with E-state index < -0.39 is 5.97 Å². The first-order chi connectivity index (χ1) is 9.90. The third-order valence-corrected chi connectivity index (χ3v) is 3.26. The fourth-order valence-electron chi connectivity index (χ4n) is 2.03. The molecule has 0 unspecified atom stereocenters. The lowest BCUT2D eigenvalue weighted by Gasteiger charge is -2.10. The van der Waals surface area contributed by atoms with Crippen LogP contribution in [-0.4, -0.2) is 17.0 Å². The van der Waals surface area contributed by atoms with Crippen molar-refractivity contribution in [2.24, 2.45) is 0 Å². The Hall–Kier alpha value is -2.56. The molecule has 21 heavy (non-hydrogen) atoms. The molecule has 0 saturated heterocycles. The van der Waals surface area contributed by atoms with Crippen LogP contribution in [0.4, 0.5) is 5.69 Å². The highest BCUT2D eigenvalue weighted by Gasteiger charge is 2.18. The van der Waals surface area contributed by atoms with Crippen molar-refractivity contribution in [2.75, 3.05) is 5.32 Å². The minimum Gasteiger partial charge on any atom is -0.478 e. The Kier molecular flexibility index (Phi) is 4.12. The Bertz CT molecular complexity index is 685. The zero-order chi connectivity index (χ0) is 15.6. The van der Waals surface area contributed by atoms with Crippen LogP contribution in [-0.2, 0) is 0 Å². The second-order valence-corrected chi connectivity index (χ2v) is 5.15. The van der Waals surface area contributed by atoms with Crippen molar-refractivity contribution in [1.29, 1.82) is 0 Å². The maximum Gasteiger partial charge on any atom is 0.335 e. The van der Waals surface area contributed by atoms with Gasteiger partial charge in [0.2, 0.25) is 0 Å². The number of nitrogens with one attached hydrogen (secondary N) is 1. The van der Waals surface area contributed by atoms with Crippen LogP contribution in [0.2, 0.25) is 0 Å². The number of benzene rings is 1. The molecule has 0 aliphatic carbocycles. The Labute approximate surface area is 122 Å². The van der Waals surface area contributed by atoms with Gasteiger partial charge in [0.25, 0.3) is 5.91 Å². The van der Waals surface area contributed by atoms with E-state index in [4.69, 9.17) is 9.52 Å². The van der Waals surface area contributed by atoms with Crippen molar-refractivity contribution < 1.29 is 19.1 Å². The van der Waals surface area contributed by atoms with Crippen LogP contribution < -0.4 is 5.32 Å². The van der Waals surface area contributed by atoms with Crippen LogP contribution in [0, 0.1) is 6.92 Å². The molecule has 0 aliphatic heterocycles. The lowest BCUT2D eigenvalue weighted by molar-refractivity contribution is 0.0696. The summed E-state index contributed by atoms with van der Waals surface area (Å²) in [5.41, 5.74) is 2.19. The second-order valence-electron chi connectivity index (χ2n) is 5.15. The molecule has 2 N–H and O–H groups in total. The normalized spacial score (nSPS) is 10.7. The van der Waals surface area contributed by atoms with Gasteiger partial charge < -0.3 is 14.8 Å². The minimum absolute atomic E-state index is 0.124. The van der Waals surface area contributed by atoms with Gasteiger partial charge in [0.15, 0.2) is 5.76 Å². The van der Waals surface area contributed by atoms with Crippen LogP contribution in [0.15, 0.2) is 34.9 Å². The lowest BCUT2D eigenvalue weighted by Crippen LogP contribution is -2.14. The smallest absolute Gasteiger partial charge is 0.335 e. The van der Waals surface area contributed by atoms with E-state index in [0.29, 0.717) is 5.69 Å². The van der Waals surface area contributed by atoms with E-state index in [1.54, 1.807) is 19.1 Å². The maximum absolute atomic E-state index is 12.3. The number of carboxylic acids is 1. The van der Waals surface area contributed by atoms with Gasteiger partial charge in [-0.2, -0.15) is 0 Å². The predicted molar refractivity (Wildman–Crippen MR) is 78.9 cm³/mol. The summed E-state index contributed by atoms with van der Waals surface area (Å²) in [5.74, 6) is -0.998. The Morgan fingerprint density at radius 2 is 1.95 bits per heavy atom. The zero-order valence-electron chi connectivity index (χ0n) is 12.1. The Balaban J connectivity index is 2.29. The van der Waals surface area contributed by atoms with E-state index in [9.17, 15) is 9.59 Å². The highest BCUT2D eigenvalue weighted by atomic mass is 16.4. The number of carboxylic acid groups (broad SMARTS) is 1. The zero-order valence-corrected chi connectivity index (χ0v) is 12.1. The SMILES string of the molecule is Cc1ccc(C(=O)O)cc1NC(=O)c1occc1C(C)C. The molecule has 2 aromatic rings. The number of hydrogen-bond donors (Lipinski definition) is 2. The molecule has 1 amide bonds. The van der Waals surface area contributed by atoms with Gasteiger partial charge in [-0.05, 0) is 36.6 Å². The Morgan fingerprint density at radius 1 is 1.24 bits per heavy atom. The van der Waals surface area contributed by atoms with E-state index in [1.165, 1.54) is 18.4 Å². The largest absolute Gasteiger partial charge is 0.478 e. The van der Waals surface area contributed by atoms with Crippen LogP contribution in [0.5, 0.6) is 0 Å². The summed E-state index contributed by atoms with van der Waals surface area (Å²) in [5, 5.41) is 11.7. The number of carbonyl (C=O) groups excluding carboxylic acids is 1. The number of carbonyl (C=O) groups is 2. The van der Waals surface area contributed by atoms with Crippen LogP contribution in [0.25, 0.3) is 0 Å². The third kappa shape index (κ3) is 3.13. The summed E-state index contributed by atoms with van der Waals surface area (Å²) in [4.78, 5) is 23.3. The van der Waals surface area contributed by atoms with Crippen molar-refractivity contribution in [3.05, 3.63) is 53.0 Å². The van der Waals surface area contributed by atoms with E-state index in [1.807, 2.05) is 13.8 Å². The summed E-state index contributed by atoms with van der Waals surface area (Å²) >= 11 is 0. The highest BCUT2D eigenvalue weighted by Crippen LogP contribution is 2.23. The average Bonchev–Trinajstić information content (AvgIpc) is 2.90. The monoisotopic (exact) mass is 287 g/mol. The number of furan rings is 1. The van der Waals surface area contributed by atoms with Crippen molar-refractivity contribution in [3.8, 4) is 0 Å². The van der Waals surface area contributed by atoms with Gasteiger partial charge in [-0.25, -0.2) is 4.79 Å². The molecule has 0 fully saturated rings. The molecule has 5 nitrogen and oxygen atoms in total. The molecule has 0 atom stereocenters. The molecule has 0 spiro atoms. The average molecular weight is 287 g/mol. The van der Waals surface area contributed by atoms with Crippen molar-refractivity contribution in [1.82, 2.24) is 0 Å². The van der Waals surface area contributed by atoms with Crippen molar-refractivity contribution >= 4 is 17.6 Å². The van der Waals surface area contributed by atoms with E-state index in [-0.39, 0.29) is 23.1 Å². The highest BCUT2D eigenvalue weighted by molar-refractivity contribution is 6.04. The molecular weight excluding hydrogens is 270 g/mol. The number of amides is 1.